The van der Waals surface area contributed by atoms with Gasteiger partial charge in [0.2, 0.25) is 0 Å². The molecule has 1 saturated carbocycles. The van der Waals surface area contributed by atoms with Gasteiger partial charge in [0.1, 0.15) is 0 Å². The number of nitrogens with zero attached hydrogens (tertiary/aromatic N) is 1. The van der Waals surface area contributed by atoms with E-state index in [9.17, 15) is 13.2 Å². The van der Waals surface area contributed by atoms with Crippen LogP contribution in [-0.4, -0.2) is 42.3 Å². The molecule has 0 radical (unpaired) electrons. The number of piperidine rings is 1. The Morgan fingerprint density at radius 3 is 1.85 bits per heavy atom. The lowest BCUT2D eigenvalue weighted by Gasteiger charge is -2.38. The van der Waals surface area contributed by atoms with E-state index in [4.69, 9.17) is 0 Å². The molecule has 0 aromatic rings. The van der Waals surface area contributed by atoms with Crippen LogP contribution in [0.3, 0.4) is 0 Å². The summed E-state index contributed by atoms with van der Waals surface area (Å²) in [4.78, 5) is 2.47. The van der Waals surface area contributed by atoms with Crippen LogP contribution in [0.4, 0.5) is 13.2 Å². The van der Waals surface area contributed by atoms with E-state index in [0.717, 1.165) is 25.9 Å². The van der Waals surface area contributed by atoms with Crippen LogP contribution >= 0.6 is 0 Å². The summed E-state index contributed by atoms with van der Waals surface area (Å²) in [5, 5.41) is 3.60. The lowest BCUT2D eigenvalue weighted by molar-refractivity contribution is -0.182. The third kappa shape index (κ3) is 4.35. The summed E-state index contributed by atoms with van der Waals surface area (Å²) in [5.74, 6) is -1.07. The number of nitrogens with one attached hydrogen (secondary N) is 1. The van der Waals surface area contributed by atoms with Crippen molar-refractivity contribution in [2.24, 2.45) is 5.92 Å². The monoisotopic (exact) mass is 292 g/mol. The van der Waals surface area contributed by atoms with Crippen molar-refractivity contribution in [1.29, 1.82) is 0 Å². The Kier molecular flexibility index (Phi) is 5.35. The standard InChI is InChI=1S/C15H27F3N2/c1-11(2)20-9-7-14(8-10-20)19-13-5-3-12(4-6-13)15(16,17)18/h11-14,19H,3-10H2,1-2H3. The molecule has 1 aliphatic carbocycles. The fourth-order valence-corrected chi connectivity index (χ4v) is 3.50. The summed E-state index contributed by atoms with van der Waals surface area (Å²) in [6.45, 7) is 6.64. The molecule has 20 heavy (non-hydrogen) atoms. The lowest BCUT2D eigenvalue weighted by atomic mass is 9.85. The molecule has 0 bridgehead atoms. The van der Waals surface area contributed by atoms with Gasteiger partial charge in [0.25, 0.3) is 0 Å². The SMILES string of the molecule is CC(C)N1CCC(NC2CCC(C(F)(F)F)CC2)CC1. The minimum absolute atomic E-state index is 0.296. The van der Waals surface area contributed by atoms with Gasteiger partial charge in [0, 0.05) is 18.1 Å². The molecule has 0 atom stereocenters. The Balaban J connectivity index is 1.69. The average molecular weight is 292 g/mol. The quantitative estimate of drug-likeness (QED) is 0.855. The van der Waals surface area contributed by atoms with Crippen LogP contribution < -0.4 is 5.32 Å². The number of rotatable bonds is 3. The zero-order chi connectivity index (χ0) is 14.8. The third-order valence-corrected chi connectivity index (χ3v) is 4.92. The van der Waals surface area contributed by atoms with Gasteiger partial charge in [-0.25, -0.2) is 0 Å². The molecule has 0 spiro atoms. The molecule has 2 rings (SSSR count). The van der Waals surface area contributed by atoms with Gasteiger partial charge < -0.3 is 10.2 Å². The van der Waals surface area contributed by atoms with E-state index in [2.05, 4.69) is 24.1 Å². The molecule has 1 heterocycles. The van der Waals surface area contributed by atoms with Crippen LogP contribution in [0.1, 0.15) is 52.4 Å². The summed E-state index contributed by atoms with van der Waals surface area (Å²) >= 11 is 0. The van der Waals surface area contributed by atoms with E-state index in [1.165, 1.54) is 0 Å². The van der Waals surface area contributed by atoms with Gasteiger partial charge in [-0.15, -0.1) is 0 Å². The van der Waals surface area contributed by atoms with E-state index < -0.39 is 12.1 Å². The molecule has 2 aliphatic rings. The van der Waals surface area contributed by atoms with Gasteiger partial charge in [0.15, 0.2) is 0 Å². The summed E-state index contributed by atoms with van der Waals surface area (Å²) in [6, 6.07) is 1.39. The zero-order valence-corrected chi connectivity index (χ0v) is 12.5. The predicted molar refractivity (Wildman–Crippen MR) is 74.7 cm³/mol. The van der Waals surface area contributed by atoms with Crippen molar-refractivity contribution in [1.82, 2.24) is 10.2 Å². The zero-order valence-electron chi connectivity index (χ0n) is 12.5. The Bertz CT molecular complexity index is 288. The molecule has 2 fully saturated rings. The first-order chi connectivity index (χ1) is 9.36. The molecule has 1 saturated heterocycles. The highest BCUT2D eigenvalue weighted by Gasteiger charge is 2.41. The molecular weight excluding hydrogens is 265 g/mol. The minimum Gasteiger partial charge on any atom is -0.311 e. The first-order valence-corrected chi connectivity index (χ1v) is 7.93. The van der Waals surface area contributed by atoms with Gasteiger partial charge in [0.05, 0.1) is 5.92 Å². The number of hydrogen-bond acceptors (Lipinski definition) is 2. The van der Waals surface area contributed by atoms with Crippen molar-refractivity contribution >= 4 is 0 Å². The van der Waals surface area contributed by atoms with Gasteiger partial charge in [-0.3, -0.25) is 0 Å². The second-order valence-electron chi connectivity index (χ2n) is 6.66. The molecule has 5 heteroatoms. The van der Waals surface area contributed by atoms with Crippen molar-refractivity contribution < 1.29 is 13.2 Å². The molecule has 118 valence electrons. The average Bonchev–Trinajstić information content (AvgIpc) is 2.39. The van der Waals surface area contributed by atoms with Gasteiger partial charge in [-0.05, 0) is 65.5 Å². The maximum absolute atomic E-state index is 12.6. The molecular formula is C15H27F3N2. The van der Waals surface area contributed by atoms with Crippen LogP contribution in [0.15, 0.2) is 0 Å². The van der Waals surface area contributed by atoms with Crippen LogP contribution in [0.2, 0.25) is 0 Å². The Hall–Kier alpha value is -0.290. The minimum atomic E-state index is -3.99. The van der Waals surface area contributed by atoms with E-state index >= 15 is 0 Å². The second-order valence-corrected chi connectivity index (χ2v) is 6.66. The second kappa shape index (κ2) is 6.65. The summed E-state index contributed by atoms with van der Waals surface area (Å²) < 4.78 is 37.9. The Morgan fingerprint density at radius 2 is 1.40 bits per heavy atom. The van der Waals surface area contributed by atoms with Crippen molar-refractivity contribution in [2.75, 3.05) is 13.1 Å². The van der Waals surface area contributed by atoms with Crippen LogP contribution in [0.25, 0.3) is 0 Å². The van der Waals surface area contributed by atoms with Crippen molar-refractivity contribution in [3.05, 3.63) is 0 Å². The maximum Gasteiger partial charge on any atom is 0.391 e. The molecule has 1 aliphatic heterocycles. The fraction of sp³-hybridized carbons (Fsp3) is 1.00. The van der Waals surface area contributed by atoms with Gasteiger partial charge in [-0.1, -0.05) is 0 Å². The van der Waals surface area contributed by atoms with Crippen LogP contribution in [-0.2, 0) is 0 Å². The third-order valence-electron chi connectivity index (χ3n) is 4.92. The largest absolute Gasteiger partial charge is 0.391 e. The fourth-order valence-electron chi connectivity index (χ4n) is 3.50. The molecule has 0 amide bonds. The number of hydrogen-bond donors (Lipinski definition) is 1. The highest BCUT2D eigenvalue weighted by Crippen LogP contribution is 2.37. The van der Waals surface area contributed by atoms with E-state index in [0.29, 0.717) is 43.8 Å². The number of alkyl halides is 3. The van der Waals surface area contributed by atoms with E-state index in [-0.39, 0.29) is 0 Å². The summed E-state index contributed by atoms with van der Waals surface area (Å²) in [6.07, 6.45) is 0.198. The molecule has 0 aromatic heterocycles. The van der Waals surface area contributed by atoms with Gasteiger partial charge in [-0.2, -0.15) is 13.2 Å². The number of halogens is 3. The number of likely N-dealkylation sites (tertiary alicyclic amines) is 1. The molecule has 1 N–H and O–H groups in total. The van der Waals surface area contributed by atoms with E-state index in [1.807, 2.05) is 0 Å². The van der Waals surface area contributed by atoms with E-state index in [1.54, 1.807) is 0 Å². The highest BCUT2D eigenvalue weighted by molar-refractivity contribution is 4.85. The van der Waals surface area contributed by atoms with Crippen LogP contribution in [0.5, 0.6) is 0 Å². The first kappa shape index (κ1) is 16.1. The summed E-state index contributed by atoms with van der Waals surface area (Å²) in [5.41, 5.74) is 0. The lowest BCUT2D eigenvalue weighted by Crippen LogP contribution is -2.49. The van der Waals surface area contributed by atoms with Crippen molar-refractivity contribution in [2.45, 2.75) is 76.7 Å². The Morgan fingerprint density at radius 1 is 0.900 bits per heavy atom. The molecule has 0 unspecified atom stereocenters. The van der Waals surface area contributed by atoms with Gasteiger partial charge >= 0.3 is 6.18 Å². The topological polar surface area (TPSA) is 15.3 Å². The van der Waals surface area contributed by atoms with Crippen molar-refractivity contribution in [3.63, 3.8) is 0 Å². The first-order valence-electron chi connectivity index (χ1n) is 7.93. The van der Waals surface area contributed by atoms with Crippen LogP contribution in [0, 0.1) is 5.92 Å². The normalized spacial score (nSPS) is 30.9. The maximum atomic E-state index is 12.6. The van der Waals surface area contributed by atoms with Crippen molar-refractivity contribution in [3.8, 4) is 0 Å². The molecule has 2 nitrogen and oxygen atoms in total. The smallest absolute Gasteiger partial charge is 0.311 e. The summed E-state index contributed by atoms with van der Waals surface area (Å²) in [7, 11) is 0. The molecule has 0 aromatic carbocycles. The predicted octanol–water partition coefficient (Wildman–Crippen LogP) is 3.57. The highest BCUT2D eigenvalue weighted by atomic mass is 19.4. The Labute approximate surface area is 120 Å².